The van der Waals surface area contributed by atoms with Crippen molar-refractivity contribution in [3.63, 3.8) is 0 Å². The zero-order valence-corrected chi connectivity index (χ0v) is 19.3. The van der Waals surface area contributed by atoms with Gasteiger partial charge in [0.2, 0.25) is 0 Å². The molecule has 5 heteroatoms. The fourth-order valence-corrected chi connectivity index (χ4v) is 3.56. The van der Waals surface area contributed by atoms with Gasteiger partial charge in [-0.3, -0.25) is 14.5 Å². The second-order valence-corrected chi connectivity index (χ2v) is 9.04. The maximum atomic E-state index is 13.3. The summed E-state index contributed by atoms with van der Waals surface area (Å²) in [4.78, 5) is 27.8. The quantitative estimate of drug-likeness (QED) is 0.598. The highest BCUT2D eigenvalue weighted by atomic mass is 16.5. The lowest BCUT2D eigenvalue weighted by Gasteiger charge is -2.17. The molecular formula is C26H32N2O3. The number of rotatable bonds is 8. The molecule has 1 aliphatic heterocycles. The van der Waals surface area contributed by atoms with Gasteiger partial charge in [0.25, 0.3) is 11.8 Å². The maximum Gasteiger partial charge on any atom is 0.278 e. The molecule has 0 aliphatic carbocycles. The van der Waals surface area contributed by atoms with E-state index in [1.807, 2.05) is 64.1 Å². The second-order valence-electron chi connectivity index (χ2n) is 9.04. The fraction of sp³-hybridized carbons (Fsp3) is 0.385. The number of nitrogens with zero attached hydrogens (tertiary/aromatic N) is 1. The van der Waals surface area contributed by atoms with Crippen LogP contribution in [0.4, 0.5) is 5.69 Å². The van der Waals surface area contributed by atoms with Crippen molar-refractivity contribution in [2.45, 2.75) is 41.5 Å². The summed E-state index contributed by atoms with van der Waals surface area (Å²) in [6, 6.07) is 13.4. The van der Waals surface area contributed by atoms with E-state index in [4.69, 9.17) is 4.74 Å². The van der Waals surface area contributed by atoms with Crippen LogP contribution in [0.2, 0.25) is 0 Å². The summed E-state index contributed by atoms with van der Waals surface area (Å²) in [6.45, 7) is 13.2. The van der Waals surface area contributed by atoms with Gasteiger partial charge in [-0.25, -0.2) is 0 Å². The summed E-state index contributed by atoms with van der Waals surface area (Å²) >= 11 is 0. The number of ether oxygens (including phenoxy) is 1. The van der Waals surface area contributed by atoms with E-state index in [1.54, 1.807) is 0 Å². The molecule has 5 nitrogen and oxygen atoms in total. The normalized spacial score (nSPS) is 14.3. The molecule has 2 amide bonds. The molecule has 1 heterocycles. The highest BCUT2D eigenvalue weighted by molar-refractivity contribution is 6.36. The van der Waals surface area contributed by atoms with Crippen molar-refractivity contribution in [2.24, 2.45) is 11.8 Å². The van der Waals surface area contributed by atoms with Gasteiger partial charge in [0.15, 0.2) is 0 Å². The van der Waals surface area contributed by atoms with Gasteiger partial charge in [0.1, 0.15) is 11.4 Å². The highest BCUT2D eigenvalue weighted by Crippen LogP contribution is 2.32. The van der Waals surface area contributed by atoms with Crippen LogP contribution in [-0.2, 0) is 9.59 Å². The largest absolute Gasteiger partial charge is 0.493 e. The number of anilines is 1. The molecule has 0 bridgehead atoms. The molecular weight excluding hydrogens is 388 g/mol. The minimum Gasteiger partial charge on any atom is -0.493 e. The van der Waals surface area contributed by atoms with E-state index < -0.39 is 0 Å². The van der Waals surface area contributed by atoms with Crippen LogP contribution < -0.4 is 10.1 Å². The van der Waals surface area contributed by atoms with Gasteiger partial charge in [-0.2, -0.15) is 0 Å². The van der Waals surface area contributed by atoms with Crippen LogP contribution in [-0.4, -0.2) is 29.9 Å². The van der Waals surface area contributed by atoms with Crippen molar-refractivity contribution >= 4 is 23.1 Å². The van der Waals surface area contributed by atoms with Gasteiger partial charge in [0, 0.05) is 12.2 Å². The Labute approximate surface area is 185 Å². The number of imide groups is 1. The molecule has 1 aliphatic rings. The molecule has 0 unspecified atom stereocenters. The molecule has 0 atom stereocenters. The van der Waals surface area contributed by atoms with Crippen molar-refractivity contribution in [3.8, 4) is 5.75 Å². The average molecular weight is 421 g/mol. The van der Waals surface area contributed by atoms with E-state index in [2.05, 4.69) is 25.2 Å². The first-order valence-electron chi connectivity index (χ1n) is 10.8. The van der Waals surface area contributed by atoms with Gasteiger partial charge < -0.3 is 10.1 Å². The first-order chi connectivity index (χ1) is 14.7. The summed E-state index contributed by atoms with van der Waals surface area (Å²) in [6.07, 6.45) is 0. The third-order valence-corrected chi connectivity index (χ3v) is 5.08. The predicted octanol–water partition coefficient (Wildman–Crippen LogP) is 5.19. The second kappa shape index (κ2) is 9.38. The van der Waals surface area contributed by atoms with Crippen molar-refractivity contribution in [2.75, 3.05) is 18.5 Å². The number of amides is 2. The van der Waals surface area contributed by atoms with Gasteiger partial charge in [0.05, 0.1) is 12.2 Å². The Morgan fingerprint density at radius 2 is 1.58 bits per heavy atom. The minimum absolute atomic E-state index is 0.182. The molecule has 0 radical (unpaired) electrons. The van der Waals surface area contributed by atoms with E-state index in [0.29, 0.717) is 35.9 Å². The first kappa shape index (κ1) is 22.6. The zero-order valence-electron chi connectivity index (χ0n) is 19.3. The van der Waals surface area contributed by atoms with E-state index in [9.17, 15) is 9.59 Å². The Morgan fingerprint density at radius 1 is 0.903 bits per heavy atom. The van der Waals surface area contributed by atoms with Crippen LogP contribution >= 0.6 is 0 Å². The van der Waals surface area contributed by atoms with Gasteiger partial charge >= 0.3 is 0 Å². The molecule has 1 N–H and O–H groups in total. The topological polar surface area (TPSA) is 58.6 Å². The van der Waals surface area contributed by atoms with Crippen LogP contribution in [0, 0.1) is 25.7 Å². The third kappa shape index (κ3) is 5.16. The first-order valence-corrected chi connectivity index (χ1v) is 10.8. The Hall–Kier alpha value is -3.08. The minimum atomic E-state index is -0.284. The van der Waals surface area contributed by atoms with Crippen LogP contribution in [0.5, 0.6) is 5.75 Å². The van der Waals surface area contributed by atoms with Gasteiger partial charge in [-0.05, 0) is 55.0 Å². The van der Waals surface area contributed by atoms with Gasteiger partial charge in [-0.1, -0.05) is 57.5 Å². The molecule has 164 valence electrons. The smallest absolute Gasteiger partial charge is 0.278 e. The highest BCUT2D eigenvalue weighted by Gasteiger charge is 2.39. The number of carbonyl (C=O) groups is 2. The number of aryl methyl sites for hydroxylation is 2. The van der Waals surface area contributed by atoms with Crippen LogP contribution in [0.3, 0.4) is 0 Å². The lowest BCUT2D eigenvalue weighted by molar-refractivity contribution is -0.137. The SMILES string of the molecule is Cc1ccc(NC2=C(c3ccc(OCC(C)C)cc3)C(=O)N(CC(C)C)C2=O)c(C)c1. The van der Waals surface area contributed by atoms with E-state index in [0.717, 1.165) is 22.6 Å². The molecule has 0 saturated heterocycles. The molecule has 2 aromatic carbocycles. The van der Waals surface area contributed by atoms with Crippen LogP contribution in [0.25, 0.3) is 5.57 Å². The maximum absolute atomic E-state index is 13.3. The van der Waals surface area contributed by atoms with E-state index >= 15 is 0 Å². The molecule has 0 saturated carbocycles. The average Bonchev–Trinajstić information content (AvgIpc) is 2.93. The standard InChI is InChI=1S/C26H32N2O3/c1-16(2)14-28-25(29)23(20-8-10-21(11-9-20)31-15-17(3)4)24(26(28)30)27-22-12-7-18(5)13-19(22)6/h7-13,16-17,27H,14-15H2,1-6H3. The number of hydrogen-bond acceptors (Lipinski definition) is 4. The predicted molar refractivity (Wildman–Crippen MR) is 125 cm³/mol. The third-order valence-electron chi connectivity index (χ3n) is 5.08. The number of benzene rings is 2. The monoisotopic (exact) mass is 420 g/mol. The van der Waals surface area contributed by atoms with Gasteiger partial charge in [-0.15, -0.1) is 0 Å². The molecule has 0 spiro atoms. The summed E-state index contributed by atoms with van der Waals surface area (Å²) in [7, 11) is 0. The number of hydrogen-bond donors (Lipinski definition) is 1. The Morgan fingerprint density at radius 3 is 2.16 bits per heavy atom. The Kier molecular flexibility index (Phi) is 6.84. The zero-order chi connectivity index (χ0) is 22.7. The molecule has 0 aromatic heterocycles. The summed E-state index contributed by atoms with van der Waals surface area (Å²) in [5.41, 5.74) is 4.42. The lowest BCUT2D eigenvalue weighted by atomic mass is 10.0. The molecule has 3 rings (SSSR count). The Bertz CT molecular complexity index is 1000. The summed E-state index contributed by atoms with van der Waals surface area (Å²) in [5.74, 6) is 0.810. The fourth-order valence-electron chi connectivity index (χ4n) is 3.56. The molecule has 2 aromatic rings. The summed E-state index contributed by atoms with van der Waals surface area (Å²) in [5, 5.41) is 3.26. The van der Waals surface area contributed by atoms with Crippen molar-refractivity contribution < 1.29 is 14.3 Å². The van der Waals surface area contributed by atoms with E-state index in [-0.39, 0.29) is 17.7 Å². The van der Waals surface area contributed by atoms with Crippen LogP contribution in [0.15, 0.2) is 48.2 Å². The molecule has 31 heavy (non-hydrogen) atoms. The van der Waals surface area contributed by atoms with Crippen molar-refractivity contribution in [1.82, 2.24) is 4.90 Å². The number of nitrogens with one attached hydrogen (secondary N) is 1. The summed E-state index contributed by atoms with van der Waals surface area (Å²) < 4.78 is 5.76. The van der Waals surface area contributed by atoms with Crippen LogP contribution in [0.1, 0.15) is 44.4 Å². The lowest BCUT2D eigenvalue weighted by Crippen LogP contribution is -2.35. The Balaban J connectivity index is 1.99. The van der Waals surface area contributed by atoms with E-state index in [1.165, 1.54) is 4.90 Å². The number of carbonyl (C=O) groups excluding carboxylic acids is 2. The molecule has 0 fully saturated rings. The van der Waals surface area contributed by atoms with Crippen molar-refractivity contribution in [3.05, 3.63) is 64.9 Å². The van der Waals surface area contributed by atoms with Crippen molar-refractivity contribution in [1.29, 1.82) is 0 Å².